The van der Waals surface area contributed by atoms with E-state index in [0.717, 1.165) is 10.4 Å². The van der Waals surface area contributed by atoms with Gasteiger partial charge in [0.2, 0.25) is 15.9 Å². The largest absolute Gasteiger partial charge is 0.355 e. The highest BCUT2D eigenvalue weighted by molar-refractivity contribution is 7.89. The zero-order valence-electron chi connectivity index (χ0n) is 10.5. The second-order valence-electron chi connectivity index (χ2n) is 4.27. The maximum Gasteiger partial charge on any atom is 0.244 e. The fraction of sp³-hybridized carbons (Fsp3) is 0.333. The van der Waals surface area contributed by atoms with E-state index in [9.17, 15) is 17.6 Å². The molecule has 0 saturated carbocycles. The van der Waals surface area contributed by atoms with Gasteiger partial charge in [0.15, 0.2) is 0 Å². The minimum Gasteiger partial charge on any atom is -0.355 e. The van der Waals surface area contributed by atoms with Gasteiger partial charge in [-0.2, -0.15) is 9.57 Å². The van der Waals surface area contributed by atoms with Gasteiger partial charge in [-0.25, -0.2) is 12.8 Å². The maximum atomic E-state index is 13.5. The Kier molecular flexibility index (Phi) is 4.01. The van der Waals surface area contributed by atoms with E-state index in [1.165, 1.54) is 12.1 Å². The van der Waals surface area contributed by atoms with Crippen LogP contribution in [0.4, 0.5) is 4.39 Å². The van der Waals surface area contributed by atoms with Crippen LogP contribution in [-0.2, 0) is 14.8 Å². The second kappa shape index (κ2) is 5.56. The maximum absolute atomic E-state index is 13.5. The molecule has 0 aliphatic carbocycles. The molecule has 0 atom stereocenters. The predicted octanol–water partition coefficient (Wildman–Crippen LogP) is 0.208. The molecule has 1 aliphatic heterocycles. The molecule has 0 aromatic heterocycles. The van der Waals surface area contributed by atoms with Crippen molar-refractivity contribution in [2.24, 2.45) is 0 Å². The van der Waals surface area contributed by atoms with Crippen LogP contribution in [0, 0.1) is 17.1 Å². The Bertz CT molecular complexity index is 682. The smallest absolute Gasteiger partial charge is 0.244 e. The van der Waals surface area contributed by atoms with E-state index in [4.69, 9.17) is 5.26 Å². The van der Waals surface area contributed by atoms with E-state index in [0.29, 0.717) is 13.0 Å². The second-order valence-corrected chi connectivity index (χ2v) is 6.17. The zero-order chi connectivity index (χ0) is 14.8. The summed E-state index contributed by atoms with van der Waals surface area (Å²) in [4.78, 5) is 11.0. The first kappa shape index (κ1) is 14.4. The van der Waals surface area contributed by atoms with Crippen LogP contribution in [0.25, 0.3) is 0 Å². The normalized spacial score (nSPS) is 17.1. The molecule has 8 heteroatoms. The Morgan fingerprint density at radius 3 is 2.85 bits per heavy atom. The minimum absolute atomic E-state index is 0.141. The quantitative estimate of drug-likeness (QED) is 0.844. The summed E-state index contributed by atoms with van der Waals surface area (Å²) in [5.41, 5.74) is -0.530. The van der Waals surface area contributed by atoms with Gasteiger partial charge in [-0.1, -0.05) is 6.07 Å². The van der Waals surface area contributed by atoms with Crippen molar-refractivity contribution in [3.05, 3.63) is 29.6 Å². The Balaban J connectivity index is 2.48. The molecule has 1 aromatic rings. The molecular formula is C12H12FN3O3S. The van der Waals surface area contributed by atoms with Crippen LogP contribution in [0.15, 0.2) is 23.1 Å². The predicted molar refractivity (Wildman–Crippen MR) is 67.5 cm³/mol. The van der Waals surface area contributed by atoms with Crippen LogP contribution in [0.2, 0.25) is 0 Å². The summed E-state index contributed by atoms with van der Waals surface area (Å²) in [6, 6.07) is 4.96. The molecule has 0 spiro atoms. The lowest BCUT2D eigenvalue weighted by atomic mass is 10.2. The number of amides is 1. The number of halogens is 1. The molecular weight excluding hydrogens is 285 g/mol. The summed E-state index contributed by atoms with van der Waals surface area (Å²) in [7, 11) is -4.07. The van der Waals surface area contributed by atoms with Crippen LogP contribution in [0.3, 0.4) is 0 Å². The molecule has 1 aromatic carbocycles. The number of carbonyl (C=O) groups excluding carboxylic acids is 1. The Morgan fingerprint density at radius 1 is 1.40 bits per heavy atom. The molecule has 2 rings (SSSR count). The number of sulfonamides is 1. The lowest BCUT2D eigenvalue weighted by Gasteiger charge is -2.19. The third kappa shape index (κ3) is 2.64. The first-order valence-corrected chi connectivity index (χ1v) is 7.36. The standard InChI is InChI=1S/C12H12FN3O3S/c13-10-3-1-4-11(9(10)7-14)20(18,19)16-6-2-5-15-12(17)8-16/h1,3-4H,2,5-6,8H2,(H,15,17). The summed E-state index contributed by atoms with van der Waals surface area (Å²) >= 11 is 0. The van der Waals surface area contributed by atoms with Gasteiger partial charge in [-0.05, 0) is 18.6 Å². The topological polar surface area (TPSA) is 90.3 Å². The van der Waals surface area contributed by atoms with Gasteiger partial charge in [0.25, 0.3) is 0 Å². The fourth-order valence-electron chi connectivity index (χ4n) is 1.95. The van der Waals surface area contributed by atoms with E-state index >= 15 is 0 Å². The van der Waals surface area contributed by atoms with E-state index in [2.05, 4.69) is 5.32 Å². The van der Waals surface area contributed by atoms with Crippen LogP contribution in [0.1, 0.15) is 12.0 Å². The van der Waals surface area contributed by atoms with Crippen molar-refractivity contribution in [2.75, 3.05) is 19.6 Å². The average Bonchev–Trinajstić information content (AvgIpc) is 2.63. The lowest BCUT2D eigenvalue weighted by Crippen LogP contribution is -2.37. The summed E-state index contributed by atoms with van der Waals surface area (Å²) < 4.78 is 39.4. The lowest BCUT2D eigenvalue weighted by molar-refractivity contribution is -0.120. The van der Waals surface area contributed by atoms with E-state index in [1.54, 1.807) is 6.07 Å². The number of nitrogens with zero attached hydrogens (tertiary/aromatic N) is 2. The highest BCUT2D eigenvalue weighted by Crippen LogP contribution is 2.22. The molecule has 0 unspecified atom stereocenters. The average molecular weight is 297 g/mol. The third-order valence-corrected chi connectivity index (χ3v) is 4.82. The molecule has 1 N–H and O–H groups in total. The number of carbonyl (C=O) groups is 1. The van der Waals surface area contributed by atoms with Gasteiger partial charge < -0.3 is 5.32 Å². The fourth-order valence-corrected chi connectivity index (χ4v) is 3.54. The van der Waals surface area contributed by atoms with Crippen molar-refractivity contribution in [2.45, 2.75) is 11.3 Å². The Morgan fingerprint density at radius 2 is 2.15 bits per heavy atom. The van der Waals surface area contributed by atoms with Gasteiger partial charge in [0.05, 0.1) is 6.54 Å². The molecule has 0 radical (unpaired) electrons. The summed E-state index contributed by atoms with van der Waals surface area (Å²) in [5, 5.41) is 11.5. The van der Waals surface area contributed by atoms with E-state index < -0.39 is 32.2 Å². The molecule has 1 amide bonds. The van der Waals surface area contributed by atoms with Crippen LogP contribution >= 0.6 is 0 Å². The van der Waals surface area contributed by atoms with Gasteiger partial charge >= 0.3 is 0 Å². The molecule has 1 saturated heterocycles. The van der Waals surface area contributed by atoms with Crippen LogP contribution in [-0.4, -0.2) is 38.3 Å². The summed E-state index contributed by atoms with van der Waals surface area (Å²) in [6.07, 6.45) is 0.460. The van der Waals surface area contributed by atoms with Gasteiger partial charge in [-0.15, -0.1) is 0 Å². The highest BCUT2D eigenvalue weighted by Gasteiger charge is 2.30. The first-order chi connectivity index (χ1) is 9.46. The molecule has 0 bridgehead atoms. The third-order valence-electron chi connectivity index (χ3n) is 2.93. The Hall–Kier alpha value is -1.98. The van der Waals surface area contributed by atoms with Crippen molar-refractivity contribution < 1.29 is 17.6 Å². The molecule has 1 fully saturated rings. The Labute approximate surface area is 115 Å². The number of rotatable bonds is 2. The number of nitrogens with one attached hydrogen (secondary N) is 1. The first-order valence-electron chi connectivity index (χ1n) is 5.92. The molecule has 1 heterocycles. The van der Waals surface area contributed by atoms with Gasteiger partial charge in [0.1, 0.15) is 22.3 Å². The zero-order valence-corrected chi connectivity index (χ0v) is 11.3. The van der Waals surface area contributed by atoms with Crippen molar-refractivity contribution >= 4 is 15.9 Å². The number of nitriles is 1. The molecule has 1 aliphatic rings. The summed E-state index contributed by atoms with van der Waals surface area (Å²) in [6.45, 7) is 0.200. The highest BCUT2D eigenvalue weighted by atomic mass is 32.2. The van der Waals surface area contributed by atoms with Gasteiger partial charge in [-0.3, -0.25) is 4.79 Å². The van der Waals surface area contributed by atoms with Crippen molar-refractivity contribution in [3.8, 4) is 6.07 Å². The van der Waals surface area contributed by atoms with Crippen molar-refractivity contribution in [1.82, 2.24) is 9.62 Å². The molecule has 20 heavy (non-hydrogen) atoms. The van der Waals surface area contributed by atoms with E-state index in [-0.39, 0.29) is 13.1 Å². The van der Waals surface area contributed by atoms with E-state index in [1.807, 2.05) is 0 Å². The SMILES string of the molecule is N#Cc1c(F)cccc1S(=O)(=O)N1CCCNC(=O)C1. The monoisotopic (exact) mass is 297 g/mol. The van der Waals surface area contributed by atoms with Crippen molar-refractivity contribution in [1.29, 1.82) is 5.26 Å². The summed E-state index contributed by atoms with van der Waals surface area (Å²) in [5.74, 6) is -1.31. The van der Waals surface area contributed by atoms with Crippen LogP contribution < -0.4 is 5.32 Å². The molecule has 6 nitrogen and oxygen atoms in total. The molecule has 106 valence electrons. The minimum atomic E-state index is -4.07. The van der Waals surface area contributed by atoms with Gasteiger partial charge in [0, 0.05) is 13.1 Å². The van der Waals surface area contributed by atoms with Crippen LogP contribution in [0.5, 0.6) is 0 Å². The number of benzene rings is 1. The number of hydrogen-bond acceptors (Lipinski definition) is 4. The number of hydrogen-bond donors (Lipinski definition) is 1. The van der Waals surface area contributed by atoms with Crippen molar-refractivity contribution in [3.63, 3.8) is 0 Å².